The van der Waals surface area contributed by atoms with Gasteiger partial charge >= 0.3 is 0 Å². The van der Waals surface area contributed by atoms with E-state index in [1.165, 1.54) is 11.1 Å². The fourth-order valence-electron chi connectivity index (χ4n) is 4.02. The Hall–Kier alpha value is -1.43. The number of rotatable bonds is 7. The van der Waals surface area contributed by atoms with E-state index in [9.17, 15) is 4.79 Å². The van der Waals surface area contributed by atoms with Crippen LogP contribution in [0.4, 0.5) is 0 Å². The van der Waals surface area contributed by atoms with Crippen LogP contribution in [0, 0.1) is 5.92 Å². The van der Waals surface area contributed by atoms with Crippen molar-refractivity contribution in [3.05, 3.63) is 35.4 Å². The number of carbonyl (C=O) groups excluding carboxylic acids is 1. The van der Waals surface area contributed by atoms with E-state index in [1.807, 2.05) is 0 Å². The molecule has 5 nitrogen and oxygen atoms in total. The van der Waals surface area contributed by atoms with Gasteiger partial charge < -0.3 is 14.8 Å². The first kappa shape index (κ1) is 17.4. The lowest BCUT2D eigenvalue weighted by Gasteiger charge is -2.25. The number of nitrogens with zero attached hydrogens (tertiary/aromatic N) is 1. The number of nitrogens with one attached hydrogen (secondary N) is 1. The number of hydrogen-bond donors (Lipinski definition) is 1. The van der Waals surface area contributed by atoms with Crippen molar-refractivity contribution < 1.29 is 14.3 Å². The van der Waals surface area contributed by atoms with Crippen LogP contribution in [-0.4, -0.2) is 56.9 Å². The van der Waals surface area contributed by atoms with Crippen LogP contribution < -0.4 is 5.32 Å². The molecule has 132 valence electrons. The number of likely N-dealkylation sites (tertiary alicyclic amines) is 1. The van der Waals surface area contributed by atoms with E-state index in [2.05, 4.69) is 48.3 Å². The summed E-state index contributed by atoms with van der Waals surface area (Å²) in [5, 5.41) is 3.21. The van der Waals surface area contributed by atoms with Crippen molar-refractivity contribution >= 4 is 5.91 Å². The minimum atomic E-state index is -0.0467. The Labute approximate surface area is 144 Å². The zero-order chi connectivity index (χ0) is 17.1. The Bertz CT molecular complexity index is 575. The van der Waals surface area contributed by atoms with Crippen LogP contribution in [0.3, 0.4) is 0 Å². The number of methoxy groups -OCH3 is 1. The summed E-state index contributed by atoms with van der Waals surface area (Å²) in [5.74, 6) is 0.922. The Morgan fingerprint density at radius 2 is 2.00 bits per heavy atom. The third-order valence-corrected chi connectivity index (χ3v) is 5.26. The second kappa shape index (κ2) is 7.64. The van der Waals surface area contributed by atoms with E-state index in [-0.39, 0.29) is 18.6 Å². The molecule has 0 saturated carbocycles. The molecule has 1 saturated heterocycles. The van der Waals surface area contributed by atoms with E-state index in [4.69, 9.17) is 9.47 Å². The first-order chi connectivity index (χ1) is 11.6. The van der Waals surface area contributed by atoms with Crippen LogP contribution in [-0.2, 0) is 14.3 Å². The van der Waals surface area contributed by atoms with Gasteiger partial charge in [0.25, 0.3) is 0 Å². The van der Waals surface area contributed by atoms with Gasteiger partial charge in [-0.25, -0.2) is 0 Å². The molecule has 2 aliphatic rings. The van der Waals surface area contributed by atoms with Gasteiger partial charge in [0.2, 0.25) is 5.91 Å². The van der Waals surface area contributed by atoms with Crippen LogP contribution >= 0.6 is 0 Å². The van der Waals surface area contributed by atoms with Gasteiger partial charge in [0, 0.05) is 38.1 Å². The average molecular weight is 332 g/mol. The van der Waals surface area contributed by atoms with Gasteiger partial charge in [-0.3, -0.25) is 9.69 Å². The van der Waals surface area contributed by atoms with Crippen LogP contribution in [0.25, 0.3) is 0 Å². The zero-order valence-corrected chi connectivity index (χ0v) is 14.8. The normalized spacial score (nSPS) is 25.8. The molecule has 1 N–H and O–H groups in total. The van der Waals surface area contributed by atoms with Gasteiger partial charge in [-0.05, 0) is 25.0 Å². The summed E-state index contributed by atoms with van der Waals surface area (Å²) in [4.78, 5) is 14.8. The maximum atomic E-state index is 12.3. The third-order valence-electron chi connectivity index (χ3n) is 5.26. The maximum Gasteiger partial charge on any atom is 0.246 e. The summed E-state index contributed by atoms with van der Waals surface area (Å²) in [7, 11) is 1.62. The molecule has 5 heteroatoms. The van der Waals surface area contributed by atoms with Crippen molar-refractivity contribution in [1.82, 2.24) is 10.2 Å². The number of benzene rings is 1. The van der Waals surface area contributed by atoms with Gasteiger partial charge in [0.15, 0.2) is 0 Å². The highest BCUT2D eigenvalue weighted by molar-refractivity contribution is 5.78. The van der Waals surface area contributed by atoms with E-state index in [0.29, 0.717) is 31.1 Å². The summed E-state index contributed by atoms with van der Waals surface area (Å²) in [6.07, 6.45) is 0. The molecule has 1 heterocycles. The van der Waals surface area contributed by atoms with Gasteiger partial charge in [-0.15, -0.1) is 0 Å². The van der Waals surface area contributed by atoms with E-state index in [0.717, 1.165) is 13.1 Å². The predicted octanol–water partition coefficient (Wildman–Crippen LogP) is 1.94. The Balaban J connectivity index is 1.68. The first-order valence-electron chi connectivity index (χ1n) is 8.80. The monoisotopic (exact) mass is 332 g/mol. The number of hydrogen-bond acceptors (Lipinski definition) is 4. The number of amides is 1. The minimum absolute atomic E-state index is 0.0467. The van der Waals surface area contributed by atoms with Gasteiger partial charge in [0.1, 0.15) is 6.61 Å². The molecule has 0 spiro atoms. The van der Waals surface area contributed by atoms with Crippen LogP contribution in [0.5, 0.6) is 0 Å². The zero-order valence-electron chi connectivity index (χ0n) is 14.8. The number of ether oxygens (including phenoxy) is 2. The summed E-state index contributed by atoms with van der Waals surface area (Å²) < 4.78 is 10.3. The van der Waals surface area contributed by atoms with E-state index >= 15 is 0 Å². The highest BCUT2D eigenvalue weighted by atomic mass is 16.5. The highest BCUT2D eigenvalue weighted by Gasteiger charge is 2.46. The first-order valence-corrected chi connectivity index (χ1v) is 8.80. The second-order valence-electron chi connectivity index (χ2n) is 7.04. The molecule has 0 bridgehead atoms. The molecule has 0 aromatic heterocycles. The third kappa shape index (κ3) is 3.48. The van der Waals surface area contributed by atoms with Crippen molar-refractivity contribution in [2.45, 2.75) is 31.8 Å². The highest BCUT2D eigenvalue weighted by Crippen LogP contribution is 2.49. The van der Waals surface area contributed by atoms with Crippen molar-refractivity contribution in [3.63, 3.8) is 0 Å². The smallest absolute Gasteiger partial charge is 0.246 e. The van der Waals surface area contributed by atoms with Gasteiger partial charge in [0.05, 0.1) is 19.3 Å². The Kier molecular flexibility index (Phi) is 5.54. The lowest BCUT2D eigenvalue weighted by molar-refractivity contribution is -0.127. The van der Waals surface area contributed by atoms with Crippen molar-refractivity contribution in [1.29, 1.82) is 0 Å². The largest absolute Gasteiger partial charge is 0.382 e. The molecule has 0 unspecified atom stereocenters. The molecular formula is C19H28N2O3. The minimum Gasteiger partial charge on any atom is -0.382 e. The summed E-state index contributed by atoms with van der Waals surface area (Å²) in [6, 6.07) is 9.17. The second-order valence-corrected chi connectivity index (χ2v) is 7.04. The molecule has 24 heavy (non-hydrogen) atoms. The maximum absolute atomic E-state index is 12.3. The fraction of sp³-hybridized carbons (Fsp3) is 0.632. The molecule has 3 atom stereocenters. The molecule has 1 amide bonds. The van der Waals surface area contributed by atoms with Crippen molar-refractivity contribution in [2.24, 2.45) is 5.92 Å². The van der Waals surface area contributed by atoms with Crippen LogP contribution in [0.15, 0.2) is 24.3 Å². The SMILES string of the molecule is COCCOCC(=O)N[C@@H]1c2ccccc2[C@@H]2CN(C(C)C)C[C@H]12. The number of carbonyl (C=O) groups is 1. The topological polar surface area (TPSA) is 50.8 Å². The average Bonchev–Trinajstić information content (AvgIpc) is 3.12. The van der Waals surface area contributed by atoms with Gasteiger partial charge in [-0.2, -0.15) is 0 Å². The summed E-state index contributed by atoms with van der Waals surface area (Å²) in [5.41, 5.74) is 2.68. The summed E-state index contributed by atoms with van der Waals surface area (Å²) in [6.45, 7) is 7.64. The Morgan fingerprint density at radius 1 is 1.25 bits per heavy atom. The van der Waals surface area contributed by atoms with Crippen molar-refractivity contribution in [2.75, 3.05) is 40.0 Å². The summed E-state index contributed by atoms with van der Waals surface area (Å²) >= 11 is 0. The fourth-order valence-corrected chi connectivity index (χ4v) is 4.02. The predicted molar refractivity (Wildman–Crippen MR) is 93.0 cm³/mol. The standard InChI is InChI=1S/C19H28N2O3/c1-13(2)21-10-16-14-6-4-5-7-15(14)19(17(16)11-21)20-18(22)12-24-9-8-23-3/h4-7,13,16-17,19H,8-12H2,1-3H3,(H,20,22)/t16-,17-,19+/m0/s1. The number of fused-ring (bicyclic) bond motifs is 3. The molecule has 0 radical (unpaired) electrons. The molecular weight excluding hydrogens is 304 g/mol. The lowest BCUT2D eigenvalue weighted by Crippen LogP contribution is -2.36. The van der Waals surface area contributed by atoms with Gasteiger partial charge in [-0.1, -0.05) is 24.3 Å². The van der Waals surface area contributed by atoms with Crippen LogP contribution in [0.2, 0.25) is 0 Å². The van der Waals surface area contributed by atoms with Crippen LogP contribution in [0.1, 0.15) is 36.9 Å². The molecule has 1 aromatic carbocycles. The molecule has 3 rings (SSSR count). The molecule has 1 aromatic rings. The van der Waals surface area contributed by atoms with E-state index in [1.54, 1.807) is 7.11 Å². The van der Waals surface area contributed by atoms with Crippen molar-refractivity contribution in [3.8, 4) is 0 Å². The molecule has 1 aliphatic carbocycles. The quantitative estimate of drug-likeness (QED) is 0.776. The Morgan fingerprint density at radius 3 is 2.71 bits per heavy atom. The molecule has 1 aliphatic heterocycles. The molecule has 1 fully saturated rings. The van der Waals surface area contributed by atoms with E-state index < -0.39 is 0 Å². The lowest BCUT2D eigenvalue weighted by atomic mass is 9.94.